The molecule has 0 spiro atoms. The molecule has 4 nitrogen and oxygen atoms in total. The predicted octanol–water partition coefficient (Wildman–Crippen LogP) is 16.0. The highest BCUT2D eigenvalue weighted by Crippen LogP contribution is 2.60. The van der Waals surface area contributed by atoms with Crippen molar-refractivity contribution >= 4 is 43.4 Å². The van der Waals surface area contributed by atoms with Gasteiger partial charge in [-0.1, -0.05) is 95.2 Å². The van der Waals surface area contributed by atoms with E-state index in [2.05, 4.69) is 200 Å². The third kappa shape index (κ3) is 4.92. The van der Waals surface area contributed by atoms with Gasteiger partial charge in [-0.05, 0) is 104 Å². The van der Waals surface area contributed by atoms with Crippen molar-refractivity contribution in [2.45, 2.75) is 111 Å². The molecule has 5 heterocycles. The van der Waals surface area contributed by atoms with E-state index in [1.54, 1.807) is 0 Å². The summed E-state index contributed by atoms with van der Waals surface area (Å²) >= 11 is 0. The van der Waals surface area contributed by atoms with Gasteiger partial charge in [0.25, 0.3) is 0 Å². The fourth-order valence-corrected chi connectivity index (χ4v) is 11.8. The second-order valence-corrected chi connectivity index (χ2v) is 23.5. The molecule has 64 heavy (non-hydrogen) atoms. The number of hydrogen-bond acceptors (Lipinski definition) is 0. The molecule has 1 atom stereocenters. The van der Waals surface area contributed by atoms with E-state index in [0.29, 0.717) is 0 Å². The van der Waals surface area contributed by atoms with Crippen LogP contribution in [-0.4, -0.2) is 19.9 Å². The molecule has 8 bridgehead atoms. The summed E-state index contributed by atoms with van der Waals surface area (Å²) in [6.07, 6.45) is 0. The second-order valence-electron chi connectivity index (χ2n) is 23.5. The first-order valence-corrected chi connectivity index (χ1v) is 23.4. The van der Waals surface area contributed by atoms with Crippen LogP contribution in [0.2, 0.25) is 0 Å². The number of benzene rings is 4. The van der Waals surface area contributed by atoms with Gasteiger partial charge in [0.1, 0.15) is 78.0 Å². The molecule has 0 saturated heterocycles. The van der Waals surface area contributed by atoms with Crippen molar-refractivity contribution in [3.63, 3.8) is 0 Å². The number of aromatic nitrogens is 4. The summed E-state index contributed by atoms with van der Waals surface area (Å²) in [7, 11) is 0. The summed E-state index contributed by atoms with van der Waals surface area (Å²) < 4.78 is 0. The molecule has 6 aromatic carbocycles. The van der Waals surface area contributed by atoms with Crippen molar-refractivity contribution in [2.24, 2.45) is 0 Å². The SMILES string of the molecule is CC(C)(C)c1ccc2c(c1)-c1c3[nH]c4c1-c1cc(C(C)(C)C)ccc1C4c1ccc([nH]1)-[c+]1c4ccc(C(C)(C)C)cc4c4c5c6cc(C(C)(C)C)ccc6[c+](c5[nH]c41)-c1ccc([nH]1)[C+]23. The molecular formula is C60H57N4+3. The van der Waals surface area contributed by atoms with Crippen molar-refractivity contribution in [1.29, 1.82) is 0 Å². The quantitative estimate of drug-likeness (QED) is 0.110. The maximum atomic E-state index is 4.21. The number of aromatic amines is 4. The van der Waals surface area contributed by atoms with Crippen LogP contribution < -0.4 is 0 Å². The molecule has 4 heteroatoms. The number of H-pyrrole nitrogens is 4. The van der Waals surface area contributed by atoms with E-state index in [0.717, 1.165) is 17.1 Å². The van der Waals surface area contributed by atoms with Gasteiger partial charge in [0.2, 0.25) is 0 Å². The van der Waals surface area contributed by atoms with Gasteiger partial charge in [0.15, 0.2) is 0 Å². The molecule has 0 saturated carbocycles. The fraction of sp³-hybridized carbons (Fsp3) is 0.283. The van der Waals surface area contributed by atoms with Crippen LogP contribution in [0.15, 0.2) is 97.1 Å². The van der Waals surface area contributed by atoms with E-state index in [9.17, 15) is 0 Å². The highest BCUT2D eigenvalue weighted by Gasteiger charge is 2.49. The third-order valence-electron chi connectivity index (χ3n) is 15.4. The van der Waals surface area contributed by atoms with Crippen LogP contribution >= 0.6 is 0 Å². The van der Waals surface area contributed by atoms with Gasteiger partial charge in [0, 0.05) is 35.7 Å². The number of fused-ring (bicyclic) bond motifs is 22. The smallest absolute Gasteiger partial charge is 0.146 e. The standard InChI is InChI=1S/C60H57N4/c1-57(2,3)29-13-17-33-37(25-29)49-50-38-26-30(58(4,5)6)14-18-34(38)46-42-23-24-44(62-42)48-36-20-16-32(60(10,11)12)28-40(36)52-51-39-27-31(59(7,8)9)15-19-35(39)47(55(51)64-56(48)52)43-22-21-41(61-43)45(33)53(49)63-54(46)50/h13-28,45,61-64H,1-12H3/q+3. The monoisotopic (exact) mass is 833 g/mol. The molecule has 4 aromatic heterocycles. The molecule has 10 aromatic rings. The van der Waals surface area contributed by atoms with Gasteiger partial charge in [-0.15, -0.1) is 0 Å². The molecule has 0 radical (unpaired) electrons. The lowest BCUT2D eigenvalue weighted by atomic mass is 9.83. The Bertz CT molecular complexity index is 3420. The molecule has 3 aliphatic rings. The molecule has 0 amide bonds. The van der Waals surface area contributed by atoms with Crippen LogP contribution in [0.25, 0.3) is 88.1 Å². The van der Waals surface area contributed by atoms with Gasteiger partial charge in [-0.25, -0.2) is 0 Å². The van der Waals surface area contributed by atoms with Gasteiger partial charge >= 0.3 is 0 Å². The Labute approximate surface area is 376 Å². The molecule has 4 N–H and O–H groups in total. The zero-order valence-corrected chi connectivity index (χ0v) is 39.3. The summed E-state index contributed by atoms with van der Waals surface area (Å²) in [6, 6.07) is 38.3. The molecule has 314 valence electrons. The van der Waals surface area contributed by atoms with Crippen LogP contribution in [-0.2, 0) is 21.7 Å². The molecular weight excluding hydrogens is 777 g/mol. The first kappa shape index (κ1) is 38.1. The lowest BCUT2D eigenvalue weighted by Gasteiger charge is -2.21. The minimum Gasteiger partial charge on any atom is -0.344 e. The minimum absolute atomic E-state index is 0.000329. The highest BCUT2D eigenvalue weighted by atomic mass is 14.9. The van der Waals surface area contributed by atoms with E-state index >= 15 is 0 Å². The normalized spacial score (nSPS) is 15.6. The lowest BCUT2D eigenvalue weighted by Crippen LogP contribution is -2.11. The number of nitrogens with one attached hydrogen (secondary N) is 4. The van der Waals surface area contributed by atoms with Crippen LogP contribution in [0.1, 0.15) is 145 Å². The maximum absolute atomic E-state index is 4.21. The fourth-order valence-electron chi connectivity index (χ4n) is 11.8. The first-order chi connectivity index (χ1) is 30.3. The first-order valence-electron chi connectivity index (χ1n) is 23.4. The van der Waals surface area contributed by atoms with Crippen molar-refractivity contribution in [3.8, 4) is 44.8 Å². The van der Waals surface area contributed by atoms with Gasteiger partial charge < -0.3 is 19.9 Å². The Kier molecular flexibility index (Phi) is 7.05. The van der Waals surface area contributed by atoms with Crippen LogP contribution in [0.4, 0.5) is 0 Å². The Morgan fingerprint density at radius 1 is 0.438 bits per heavy atom. The summed E-state index contributed by atoms with van der Waals surface area (Å²) in [6.45, 7) is 28.0. The van der Waals surface area contributed by atoms with E-state index in [1.165, 1.54) is 133 Å². The van der Waals surface area contributed by atoms with Crippen molar-refractivity contribution in [3.05, 3.63) is 159 Å². The number of hydrogen-bond donors (Lipinski definition) is 4. The second kappa shape index (κ2) is 11.8. The highest BCUT2D eigenvalue weighted by molar-refractivity contribution is 6.38. The molecule has 13 rings (SSSR count). The largest absolute Gasteiger partial charge is 0.344 e. The van der Waals surface area contributed by atoms with Crippen LogP contribution in [0.5, 0.6) is 0 Å². The summed E-state index contributed by atoms with van der Waals surface area (Å²) in [4.78, 5) is 16.6. The topological polar surface area (TPSA) is 63.2 Å². The molecule has 0 fully saturated rings. The minimum atomic E-state index is -0.000690. The van der Waals surface area contributed by atoms with Gasteiger partial charge in [-0.2, -0.15) is 0 Å². The summed E-state index contributed by atoms with van der Waals surface area (Å²) in [5, 5.41) is 7.80. The average Bonchev–Trinajstić information content (AvgIpc) is 4.08. The zero-order valence-electron chi connectivity index (χ0n) is 39.3. The predicted molar refractivity (Wildman–Crippen MR) is 270 cm³/mol. The third-order valence-corrected chi connectivity index (χ3v) is 15.4. The van der Waals surface area contributed by atoms with Gasteiger partial charge in [-0.3, -0.25) is 0 Å². The molecule has 2 aliphatic carbocycles. The number of rotatable bonds is 0. The Morgan fingerprint density at radius 3 is 1.53 bits per heavy atom. The van der Waals surface area contributed by atoms with E-state index in [1.807, 2.05) is 0 Å². The summed E-state index contributed by atoms with van der Waals surface area (Å²) in [5.74, 6) is 1.26. The van der Waals surface area contributed by atoms with Crippen molar-refractivity contribution in [1.82, 2.24) is 19.9 Å². The molecule has 1 unspecified atom stereocenters. The van der Waals surface area contributed by atoms with Gasteiger partial charge in [0.05, 0.1) is 45.5 Å². The van der Waals surface area contributed by atoms with E-state index in [4.69, 9.17) is 0 Å². The van der Waals surface area contributed by atoms with Crippen LogP contribution in [0, 0.1) is 5.92 Å². The van der Waals surface area contributed by atoms with E-state index < -0.39 is 0 Å². The van der Waals surface area contributed by atoms with Crippen LogP contribution in [0.3, 0.4) is 0 Å². The lowest BCUT2D eigenvalue weighted by molar-refractivity contribution is 0.590. The zero-order chi connectivity index (χ0) is 44.3. The Hall–Kier alpha value is -6.39. The Morgan fingerprint density at radius 2 is 0.938 bits per heavy atom. The summed E-state index contributed by atoms with van der Waals surface area (Å²) in [5.41, 5.74) is 25.3. The maximum Gasteiger partial charge on any atom is 0.146 e. The Balaban J connectivity index is 1.19. The van der Waals surface area contributed by atoms with Crippen molar-refractivity contribution in [2.75, 3.05) is 0 Å². The average molecular weight is 834 g/mol. The van der Waals surface area contributed by atoms with Crippen molar-refractivity contribution < 1.29 is 0 Å². The molecule has 1 aliphatic heterocycles. The van der Waals surface area contributed by atoms with E-state index in [-0.39, 0.29) is 27.6 Å².